The van der Waals surface area contributed by atoms with Gasteiger partial charge in [0.15, 0.2) is 0 Å². The molecule has 1 aromatic carbocycles. The summed E-state index contributed by atoms with van der Waals surface area (Å²) in [6.45, 7) is 2.04. The predicted molar refractivity (Wildman–Crippen MR) is 69.3 cm³/mol. The molecular weight excluding hydrogens is 246 g/mol. The zero-order chi connectivity index (χ0) is 13.0. The third-order valence-electron chi connectivity index (χ3n) is 2.62. The van der Waals surface area contributed by atoms with E-state index in [9.17, 15) is 9.90 Å². The lowest BCUT2D eigenvalue weighted by Crippen LogP contribution is -2.23. The van der Waals surface area contributed by atoms with Crippen molar-refractivity contribution in [2.24, 2.45) is 0 Å². The monoisotopic (exact) mass is 258 g/mol. The number of nitrogens with zero attached hydrogens (tertiary/aromatic N) is 1. The molecule has 0 bridgehead atoms. The fourth-order valence-electron chi connectivity index (χ4n) is 1.58. The molecule has 0 radical (unpaired) electrons. The second-order valence-electron chi connectivity index (χ2n) is 3.86. The van der Waals surface area contributed by atoms with Gasteiger partial charge in [0, 0.05) is 17.5 Å². The van der Waals surface area contributed by atoms with Crippen molar-refractivity contribution in [3.8, 4) is 0 Å². The molecule has 0 N–H and O–H groups in total. The van der Waals surface area contributed by atoms with Gasteiger partial charge in [0.2, 0.25) is 0 Å². The molecular formula is C14H12NO2S-. The molecule has 0 aliphatic rings. The number of aromatic nitrogens is 1. The molecule has 4 heteroatoms. The summed E-state index contributed by atoms with van der Waals surface area (Å²) in [6, 6.07) is 11.1. The van der Waals surface area contributed by atoms with Gasteiger partial charge >= 0.3 is 0 Å². The van der Waals surface area contributed by atoms with Gasteiger partial charge in [-0.3, -0.25) is 0 Å². The molecule has 92 valence electrons. The first-order chi connectivity index (χ1) is 8.68. The minimum absolute atomic E-state index is 0.149. The molecule has 0 saturated carbocycles. The summed E-state index contributed by atoms with van der Waals surface area (Å²) in [5.74, 6) is -0.486. The Labute approximate surface area is 110 Å². The summed E-state index contributed by atoms with van der Waals surface area (Å²) < 4.78 is 0. The van der Waals surface area contributed by atoms with Gasteiger partial charge in [0.1, 0.15) is 5.03 Å². The van der Waals surface area contributed by atoms with Gasteiger partial charge in [-0.2, -0.15) is 0 Å². The van der Waals surface area contributed by atoms with Crippen LogP contribution in [0.2, 0.25) is 0 Å². The van der Waals surface area contributed by atoms with Crippen LogP contribution >= 0.6 is 11.8 Å². The van der Waals surface area contributed by atoms with Crippen molar-refractivity contribution in [1.82, 2.24) is 4.98 Å². The molecule has 0 amide bonds. The number of carbonyl (C=O) groups is 1. The zero-order valence-electron chi connectivity index (χ0n) is 9.92. The number of rotatable bonds is 4. The standard InChI is InChI=1S/C14H13NO2S/c1-10-5-2-3-6-11(10)9-18-13-12(14(16)17)7-4-8-15-13/h2-8H,9H2,1H3,(H,16,17)/p-1. The van der Waals surface area contributed by atoms with E-state index in [1.807, 2.05) is 31.2 Å². The van der Waals surface area contributed by atoms with E-state index in [2.05, 4.69) is 4.98 Å². The van der Waals surface area contributed by atoms with E-state index in [-0.39, 0.29) is 5.56 Å². The van der Waals surface area contributed by atoms with E-state index in [0.717, 1.165) is 0 Å². The highest BCUT2D eigenvalue weighted by Gasteiger charge is 2.06. The van der Waals surface area contributed by atoms with E-state index in [1.165, 1.54) is 29.0 Å². The normalized spacial score (nSPS) is 10.3. The minimum atomic E-state index is -1.18. The van der Waals surface area contributed by atoms with Crippen molar-refractivity contribution in [3.63, 3.8) is 0 Å². The molecule has 18 heavy (non-hydrogen) atoms. The van der Waals surface area contributed by atoms with Crippen LogP contribution in [0.25, 0.3) is 0 Å². The summed E-state index contributed by atoms with van der Waals surface area (Å²) in [6.07, 6.45) is 1.59. The Bertz CT molecular complexity index is 569. The Kier molecular flexibility index (Phi) is 3.99. The molecule has 1 aromatic heterocycles. The summed E-state index contributed by atoms with van der Waals surface area (Å²) >= 11 is 1.41. The first-order valence-electron chi connectivity index (χ1n) is 5.52. The highest BCUT2D eigenvalue weighted by molar-refractivity contribution is 7.98. The highest BCUT2D eigenvalue weighted by Crippen LogP contribution is 2.25. The first kappa shape index (κ1) is 12.6. The lowest BCUT2D eigenvalue weighted by Gasteiger charge is -2.09. The zero-order valence-corrected chi connectivity index (χ0v) is 10.7. The van der Waals surface area contributed by atoms with Crippen LogP contribution in [0.5, 0.6) is 0 Å². The summed E-state index contributed by atoms with van der Waals surface area (Å²) in [5.41, 5.74) is 2.52. The van der Waals surface area contributed by atoms with E-state index in [1.54, 1.807) is 12.3 Å². The summed E-state index contributed by atoms with van der Waals surface area (Å²) in [4.78, 5) is 15.0. The number of benzene rings is 1. The fraction of sp³-hybridized carbons (Fsp3) is 0.143. The van der Waals surface area contributed by atoms with E-state index < -0.39 is 5.97 Å². The van der Waals surface area contributed by atoms with Gasteiger partial charge in [-0.15, -0.1) is 11.8 Å². The number of aryl methyl sites for hydroxylation is 1. The molecule has 0 aliphatic heterocycles. The van der Waals surface area contributed by atoms with E-state index in [0.29, 0.717) is 10.8 Å². The second-order valence-corrected chi connectivity index (χ2v) is 4.82. The Morgan fingerprint density at radius 2 is 2.06 bits per heavy atom. The molecule has 0 saturated heterocycles. The Hall–Kier alpha value is -1.81. The van der Waals surface area contributed by atoms with Crippen LogP contribution in [0, 0.1) is 6.92 Å². The number of carbonyl (C=O) groups excluding carboxylic acids is 1. The average Bonchev–Trinajstić information content (AvgIpc) is 2.38. The lowest BCUT2D eigenvalue weighted by molar-refractivity contribution is -0.255. The Balaban J connectivity index is 2.16. The largest absolute Gasteiger partial charge is 0.545 e. The topological polar surface area (TPSA) is 53.0 Å². The minimum Gasteiger partial charge on any atom is -0.545 e. The summed E-state index contributed by atoms with van der Waals surface area (Å²) in [7, 11) is 0. The molecule has 0 fully saturated rings. The van der Waals surface area contributed by atoms with Crippen LogP contribution in [0.15, 0.2) is 47.6 Å². The van der Waals surface area contributed by atoms with Crippen molar-refractivity contribution in [2.75, 3.05) is 0 Å². The molecule has 0 unspecified atom stereocenters. The number of carboxylic acids is 1. The molecule has 0 atom stereocenters. The van der Waals surface area contributed by atoms with Gasteiger partial charge in [-0.25, -0.2) is 4.98 Å². The molecule has 0 spiro atoms. The van der Waals surface area contributed by atoms with E-state index >= 15 is 0 Å². The summed E-state index contributed by atoms with van der Waals surface area (Å²) in [5, 5.41) is 11.4. The quantitative estimate of drug-likeness (QED) is 0.788. The van der Waals surface area contributed by atoms with Crippen molar-refractivity contribution in [1.29, 1.82) is 0 Å². The molecule has 1 heterocycles. The number of pyridine rings is 1. The van der Waals surface area contributed by atoms with E-state index in [4.69, 9.17) is 0 Å². The maximum absolute atomic E-state index is 10.9. The lowest BCUT2D eigenvalue weighted by atomic mass is 10.1. The molecule has 0 aliphatic carbocycles. The SMILES string of the molecule is Cc1ccccc1CSc1ncccc1C(=O)[O-]. The van der Waals surface area contributed by atoms with Crippen molar-refractivity contribution < 1.29 is 9.90 Å². The van der Waals surface area contributed by atoms with Crippen LogP contribution in [0.3, 0.4) is 0 Å². The number of aromatic carboxylic acids is 1. The maximum atomic E-state index is 10.9. The molecule has 2 aromatic rings. The van der Waals surface area contributed by atoms with Crippen LogP contribution in [0.4, 0.5) is 0 Å². The van der Waals surface area contributed by atoms with Crippen LogP contribution < -0.4 is 5.11 Å². The van der Waals surface area contributed by atoms with Crippen LogP contribution in [-0.2, 0) is 5.75 Å². The third kappa shape index (κ3) is 2.90. The van der Waals surface area contributed by atoms with Crippen LogP contribution in [0.1, 0.15) is 21.5 Å². The number of hydrogen-bond acceptors (Lipinski definition) is 4. The van der Waals surface area contributed by atoms with Crippen LogP contribution in [-0.4, -0.2) is 11.0 Å². The second kappa shape index (κ2) is 5.69. The Morgan fingerprint density at radius 1 is 1.28 bits per heavy atom. The van der Waals surface area contributed by atoms with Crippen molar-refractivity contribution >= 4 is 17.7 Å². The van der Waals surface area contributed by atoms with Gasteiger partial charge in [0.05, 0.1) is 5.97 Å². The number of thioether (sulfide) groups is 1. The number of carboxylic acid groups (broad SMARTS) is 1. The molecule has 3 nitrogen and oxygen atoms in total. The van der Waals surface area contributed by atoms with Gasteiger partial charge in [0.25, 0.3) is 0 Å². The average molecular weight is 258 g/mol. The Morgan fingerprint density at radius 3 is 2.78 bits per heavy atom. The predicted octanol–water partition coefficient (Wildman–Crippen LogP) is 2.05. The van der Waals surface area contributed by atoms with Crippen molar-refractivity contribution in [2.45, 2.75) is 17.7 Å². The fourth-order valence-corrected chi connectivity index (χ4v) is 2.64. The van der Waals surface area contributed by atoms with Crippen molar-refractivity contribution in [3.05, 3.63) is 59.3 Å². The number of hydrogen-bond donors (Lipinski definition) is 0. The smallest absolute Gasteiger partial charge is 0.105 e. The third-order valence-corrected chi connectivity index (χ3v) is 3.67. The van der Waals surface area contributed by atoms with Gasteiger partial charge in [-0.05, 0) is 30.2 Å². The van der Waals surface area contributed by atoms with Gasteiger partial charge in [-0.1, -0.05) is 24.3 Å². The first-order valence-corrected chi connectivity index (χ1v) is 6.50. The maximum Gasteiger partial charge on any atom is 0.105 e. The van der Waals surface area contributed by atoms with Gasteiger partial charge < -0.3 is 9.90 Å². The highest BCUT2D eigenvalue weighted by atomic mass is 32.2. The molecule has 2 rings (SSSR count).